The van der Waals surface area contributed by atoms with E-state index in [1.807, 2.05) is 36.4 Å². The number of hydrogen-bond donors (Lipinski definition) is 1. The number of carbonyl (C=O) groups is 1. The first-order valence-corrected chi connectivity index (χ1v) is 8.76. The topological polar surface area (TPSA) is 50.7 Å². The molecular weight excluding hydrogens is 336 g/mol. The number of nitrogens with one attached hydrogen (secondary N) is 1. The number of amides is 1. The first kappa shape index (κ1) is 19.0. The van der Waals surface area contributed by atoms with Gasteiger partial charge in [0, 0.05) is 5.02 Å². The Labute approximate surface area is 153 Å². The molecule has 0 aromatic heterocycles. The summed E-state index contributed by atoms with van der Waals surface area (Å²) in [6.45, 7) is 4.31. The molecular formula is C20H23ClN2O2. The lowest BCUT2D eigenvalue weighted by molar-refractivity contribution is -0.123. The molecule has 0 aliphatic heterocycles. The van der Waals surface area contributed by atoms with Crippen LogP contribution >= 0.6 is 11.6 Å². The van der Waals surface area contributed by atoms with E-state index >= 15 is 0 Å². The zero-order valence-corrected chi connectivity index (χ0v) is 15.3. The Hall–Kier alpha value is -2.33. The van der Waals surface area contributed by atoms with Crippen molar-refractivity contribution in [3.8, 4) is 5.75 Å². The minimum absolute atomic E-state index is 0.0866. The van der Waals surface area contributed by atoms with Crippen molar-refractivity contribution in [2.24, 2.45) is 5.10 Å². The number of hydrogen-bond acceptors (Lipinski definition) is 3. The quantitative estimate of drug-likeness (QED) is 0.545. The van der Waals surface area contributed by atoms with Gasteiger partial charge in [0.25, 0.3) is 5.91 Å². The van der Waals surface area contributed by atoms with Gasteiger partial charge in [-0.2, -0.15) is 5.10 Å². The predicted octanol–water partition coefficient (Wildman–Crippen LogP) is 4.77. The van der Waals surface area contributed by atoms with Gasteiger partial charge in [0.1, 0.15) is 5.75 Å². The second-order valence-corrected chi connectivity index (χ2v) is 6.33. The Kier molecular flexibility index (Phi) is 7.48. The summed E-state index contributed by atoms with van der Waals surface area (Å²) >= 11 is 5.88. The molecule has 2 rings (SSSR count). The first-order chi connectivity index (χ1) is 12.1. The van der Waals surface area contributed by atoms with Crippen molar-refractivity contribution >= 4 is 23.7 Å². The highest BCUT2D eigenvalue weighted by Crippen LogP contribution is 2.22. The zero-order chi connectivity index (χ0) is 18.1. The maximum Gasteiger partial charge on any atom is 0.277 e. The summed E-state index contributed by atoms with van der Waals surface area (Å²) in [7, 11) is 0. The third kappa shape index (κ3) is 6.59. The SMILES string of the molecule is CCCC(C)c1ccc(OCC(=O)N/N=C/c2cccc(Cl)c2)cc1. The maximum atomic E-state index is 11.8. The lowest BCUT2D eigenvalue weighted by Crippen LogP contribution is -2.24. The smallest absolute Gasteiger partial charge is 0.277 e. The third-order valence-corrected chi connectivity index (χ3v) is 4.03. The van der Waals surface area contributed by atoms with Crippen LogP contribution in [0.4, 0.5) is 0 Å². The minimum atomic E-state index is -0.318. The molecule has 0 aliphatic carbocycles. The monoisotopic (exact) mass is 358 g/mol. The number of hydrazone groups is 1. The maximum absolute atomic E-state index is 11.8. The van der Waals surface area contributed by atoms with Gasteiger partial charge in [0.2, 0.25) is 0 Å². The van der Waals surface area contributed by atoms with E-state index in [2.05, 4.69) is 24.4 Å². The second-order valence-electron chi connectivity index (χ2n) is 5.90. The van der Waals surface area contributed by atoms with E-state index in [9.17, 15) is 4.79 Å². The van der Waals surface area contributed by atoms with E-state index in [1.165, 1.54) is 11.8 Å². The summed E-state index contributed by atoms with van der Waals surface area (Å²) in [6.07, 6.45) is 3.86. The van der Waals surface area contributed by atoms with Crippen LogP contribution in [0, 0.1) is 0 Å². The number of nitrogens with zero attached hydrogens (tertiary/aromatic N) is 1. The molecule has 2 aromatic carbocycles. The van der Waals surface area contributed by atoms with Crippen LogP contribution < -0.4 is 10.2 Å². The number of rotatable bonds is 8. The highest BCUT2D eigenvalue weighted by atomic mass is 35.5. The van der Waals surface area contributed by atoms with Crippen LogP contribution in [0.25, 0.3) is 0 Å². The van der Waals surface area contributed by atoms with Gasteiger partial charge in [-0.15, -0.1) is 0 Å². The normalized spacial score (nSPS) is 12.1. The van der Waals surface area contributed by atoms with E-state index in [-0.39, 0.29) is 12.5 Å². The molecule has 1 N–H and O–H groups in total. The summed E-state index contributed by atoms with van der Waals surface area (Å²) in [5, 5.41) is 4.51. The second kappa shape index (κ2) is 9.84. The van der Waals surface area contributed by atoms with Crippen LogP contribution in [0.5, 0.6) is 5.75 Å². The molecule has 5 heteroatoms. The van der Waals surface area contributed by atoms with E-state index in [4.69, 9.17) is 16.3 Å². The van der Waals surface area contributed by atoms with E-state index in [0.29, 0.717) is 16.7 Å². The summed E-state index contributed by atoms with van der Waals surface area (Å²) in [5.41, 5.74) is 4.52. The molecule has 0 fully saturated rings. The fourth-order valence-electron chi connectivity index (χ4n) is 2.44. The molecule has 0 bridgehead atoms. The minimum Gasteiger partial charge on any atom is -0.484 e. The fourth-order valence-corrected chi connectivity index (χ4v) is 2.64. The lowest BCUT2D eigenvalue weighted by atomic mass is 9.97. The van der Waals surface area contributed by atoms with Crippen LogP contribution in [0.15, 0.2) is 53.6 Å². The van der Waals surface area contributed by atoms with Crippen molar-refractivity contribution in [3.05, 3.63) is 64.7 Å². The molecule has 0 heterocycles. The molecule has 0 radical (unpaired) electrons. The van der Waals surface area contributed by atoms with Crippen LogP contribution in [-0.4, -0.2) is 18.7 Å². The Bertz CT molecular complexity index is 714. The number of halogens is 1. The van der Waals surface area contributed by atoms with Crippen molar-refractivity contribution in [1.82, 2.24) is 5.43 Å². The molecule has 25 heavy (non-hydrogen) atoms. The highest BCUT2D eigenvalue weighted by molar-refractivity contribution is 6.30. The standard InChI is InChI=1S/C20H23ClN2O2/c1-3-5-15(2)17-8-10-19(11-9-17)25-14-20(24)23-22-13-16-6-4-7-18(21)12-16/h4,6-13,15H,3,5,14H2,1-2H3,(H,23,24)/b22-13+. The molecule has 4 nitrogen and oxygen atoms in total. The molecule has 132 valence electrons. The molecule has 1 amide bonds. The van der Waals surface area contributed by atoms with E-state index < -0.39 is 0 Å². The van der Waals surface area contributed by atoms with E-state index in [0.717, 1.165) is 18.4 Å². The van der Waals surface area contributed by atoms with Crippen LogP contribution in [0.3, 0.4) is 0 Å². The molecule has 1 unspecified atom stereocenters. The van der Waals surface area contributed by atoms with Crippen LogP contribution in [0.1, 0.15) is 43.7 Å². The lowest BCUT2D eigenvalue weighted by Gasteiger charge is -2.11. The van der Waals surface area contributed by atoms with Gasteiger partial charge in [0.15, 0.2) is 6.61 Å². The molecule has 2 aromatic rings. The Morgan fingerprint density at radius 2 is 2.04 bits per heavy atom. The average Bonchev–Trinajstić information content (AvgIpc) is 2.61. The third-order valence-electron chi connectivity index (χ3n) is 3.79. The first-order valence-electron chi connectivity index (χ1n) is 8.38. The van der Waals surface area contributed by atoms with Crippen molar-refractivity contribution in [3.63, 3.8) is 0 Å². The van der Waals surface area contributed by atoms with Gasteiger partial charge in [0.05, 0.1) is 6.21 Å². The van der Waals surface area contributed by atoms with Crippen molar-refractivity contribution in [2.45, 2.75) is 32.6 Å². The fraction of sp³-hybridized carbons (Fsp3) is 0.300. The van der Waals surface area contributed by atoms with Gasteiger partial charge in [-0.25, -0.2) is 5.43 Å². The van der Waals surface area contributed by atoms with Gasteiger partial charge in [-0.3, -0.25) is 4.79 Å². The van der Waals surface area contributed by atoms with Gasteiger partial charge in [-0.05, 0) is 47.7 Å². The molecule has 0 spiro atoms. The van der Waals surface area contributed by atoms with Crippen molar-refractivity contribution in [2.75, 3.05) is 6.61 Å². The Balaban J connectivity index is 1.78. The zero-order valence-electron chi connectivity index (χ0n) is 14.5. The molecule has 1 atom stereocenters. The summed E-state index contributed by atoms with van der Waals surface area (Å²) in [5.74, 6) is 0.881. The van der Waals surface area contributed by atoms with Crippen molar-refractivity contribution in [1.29, 1.82) is 0 Å². The Morgan fingerprint density at radius 3 is 2.72 bits per heavy atom. The van der Waals surface area contributed by atoms with Crippen molar-refractivity contribution < 1.29 is 9.53 Å². The largest absolute Gasteiger partial charge is 0.484 e. The van der Waals surface area contributed by atoms with Gasteiger partial charge >= 0.3 is 0 Å². The highest BCUT2D eigenvalue weighted by Gasteiger charge is 2.05. The molecule has 0 aliphatic rings. The van der Waals surface area contributed by atoms with Gasteiger partial charge in [-0.1, -0.05) is 56.1 Å². The summed E-state index contributed by atoms with van der Waals surface area (Å²) < 4.78 is 5.48. The number of ether oxygens (including phenoxy) is 1. The Morgan fingerprint density at radius 1 is 1.28 bits per heavy atom. The van der Waals surface area contributed by atoms with Crippen LogP contribution in [0.2, 0.25) is 5.02 Å². The number of carbonyl (C=O) groups excluding carboxylic acids is 1. The average molecular weight is 359 g/mol. The predicted molar refractivity (Wildman–Crippen MR) is 102 cm³/mol. The number of benzene rings is 2. The summed E-state index contributed by atoms with van der Waals surface area (Å²) in [4.78, 5) is 11.8. The van der Waals surface area contributed by atoms with Gasteiger partial charge < -0.3 is 4.74 Å². The van der Waals surface area contributed by atoms with E-state index in [1.54, 1.807) is 12.1 Å². The molecule has 0 saturated heterocycles. The molecule has 0 saturated carbocycles. The van der Waals surface area contributed by atoms with Crippen LogP contribution in [-0.2, 0) is 4.79 Å². The summed E-state index contributed by atoms with van der Waals surface area (Å²) in [6, 6.07) is 15.1.